The molecule has 0 radical (unpaired) electrons. The van der Waals surface area contributed by atoms with Crippen molar-refractivity contribution in [1.82, 2.24) is 4.90 Å². The molecule has 3 aromatic rings. The van der Waals surface area contributed by atoms with E-state index in [1.807, 2.05) is 45.0 Å². The molecule has 0 saturated heterocycles. The molecule has 0 N–H and O–H groups in total. The lowest BCUT2D eigenvalue weighted by atomic mass is 9.93. The lowest BCUT2D eigenvalue weighted by Gasteiger charge is -2.37. The number of halogens is 1. The Morgan fingerprint density at radius 1 is 0.941 bits per heavy atom. The van der Waals surface area contributed by atoms with Gasteiger partial charge in [-0.2, -0.15) is 0 Å². The summed E-state index contributed by atoms with van der Waals surface area (Å²) in [7, 11) is 1.59. The first-order valence-electron chi connectivity index (χ1n) is 11.4. The standard InChI is InChI=1S/C28H30FNO4/c1-28(2,3)34-26-13-11-25(12-14-26)33-18-23-16-21-15-22(29)8-5-20(21)17-30(23)27(31)19-6-9-24(32-4)10-7-19/h5-15,23H,16-18H2,1-4H3. The van der Waals surface area contributed by atoms with Crippen LogP contribution in [0.4, 0.5) is 4.39 Å². The van der Waals surface area contributed by atoms with E-state index in [1.54, 1.807) is 48.4 Å². The Balaban J connectivity index is 1.52. The predicted octanol–water partition coefficient (Wildman–Crippen LogP) is 5.66. The van der Waals surface area contributed by atoms with Gasteiger partial charge in [-0.05, 0) is 99.0 Å². The zero-order valence-electron chi connectivity index (χ0n) is 20.0. The minimum atomic E-state index is -0.282. The van der Waals surface area contributed by atoms with Crippen molar-refractivity contribution in [3.8, 4) is 17.2 Å². The van der Waals surface area contributed by atoms with Gasteiger partial charge < -0.3 is 19.1 Å². The maximum Gasteiger partial charge on any atom is 0.254 e. The summed E-state index contributed by atoms with van der Waals surface area (Å²) in [6.07, 6.45) is 0.514. The van der Waals surface area contributed by atoms with Gasteiger partial charge in [0, 0.05) is 12.1 Å². The topological polar surface area (TPSA) is 48.0 Å². The van der Waals surface area contributed by atoms with Crippen LogP contribution in [0.1, 0.15) is 42.3 Å². The highest BCUT2D eigenvalue weighted by Crippen LogP contribution is 2.28. The highest BCUT2D eigenvalue weighted by Gasteiger charge is 2.31. The van der Waals surface area contributed by atoms with Crippen LogP contribution in [0, 0.1) is 5.82 Å². The molecule has 1 amide bonds. The van der Waals surface area contributed by atoms with Crippen molar-refractivity contribution in [2.24, 2.45) is 0 Å². The average Bonchev–Trinajstić information content (AvgIpc) is 2.81. The van der Waals surface area contributed by atoms with E-state index in [1.165, 1.54) is 6.07 Å². The SMILES string of the molecule is COc1ccc(C(=O)N2Cc3ccc(F)cc3CC2COc2ccc(OC(C)(C)C)cc2)cc1. The molecule has 0 aliphatic carbocycles. The molecule has 1 aliphatic rings. The van der Waals surface area contributed by atoms with Crippen LogP contribution in [0.2, 0.25) is 0 Å². The molecule has 1 heterocycles. The normalized spacial score (nSPS) is 15.4. The third-order valence-corrected chi connectivity index (χ3v) is 5.69. The molecule has 178 valence electrons. The molecule has 5 nitrogen and oxygen atoms in total. The second-order valence-corrected chi connectivity index (χ2v) is 9.43. The van der Waals surface area contributed by atoms with Crippen molar-refractivity contribution in [3.63, 3.8) is 0 Å². The Bertz CT molecular complexity index is 1140. The molecule has 1 aliphatic heterocycles. The lowest BCUT2D eigenvalue weighted by Crippen LogP contribution is -2.47. The van der Waals surface area contributed by atoms with Crippen molar-refractivity contribution < 1.29 is 23.4 Å². The molecule has 0 bridgehead atoms. The predicted molar refractivity (Wildman–Crippen MR) is 129 cm³/mol. The first-order valence-corrected chi connectivity index (χ1v) is 11.4. The number of carbonyl (C=O) groups is 1. The van der Waals surface area contributed by atoms with Crippen molar-refractivity contribution in [2.45, 2.75) is 45.4 Å². The molecule has 34 heavy (non-hydrogen) atoms. The summed E-state index contributed by atoms with van der Waals surface area (Å²) in [5, 5.41) is 0. The minimum Gasteiger partial charge on any atom is -0.497 e. The van der Waals surface area contributed by atoms with Crippen molar-refractivity contribution in [2.75, 3.05) is 13.7 Å². The van der Waals surface area contributed by atoms with Gasteiger partial charge in [0.2, 0.25) is 0 Å². The van der Waals surface area contributed by atoms with Crippen molar-refractivity contribution in [3.05, 3.63) is 89.2 Å². The van der Waals surface area contributed by atoms with Crippen LogP contribution in [0.3, 0.4) is 0 Å². The van der Waals surface area contributed by atoms with Crippen molar-refractivity contribution in [1.29, 1.82) is 0 Å². The van der Waals surface area contributed by atoms with Gasteiger partial charge in [-0.3, -0.25) is 4.79 Å². The first-order chi connectivity index (χ1) is 16.2. The summed E-state index contributed by atoms with van der Waals surface area (Å²) in [6.45, 7) is 6.67. The zero-order valence-corrected chi connectivity index (χ0v) is 20.0. The quantitative estimate of drug-likeness (QED) is 0.473. The minimum absolute atomic E-state index is 0.0971. The fourth-order valence-corrected chi connectivity index (χ4v) is 4.05. The summed E-state index contributed by atoms with van der Waals surface area (Å²) in [4.78, 5) is 15.2. The van der Waals surface area contributed by atoms with E-state index in [0.717, 1.165) is 16.9 Å². The number of carbonyl (C=O) groups excluding carboxylic acids is 1. The summed E-state index contributed by atoms with van der Waals surface area (Å²) < 4.78 is 31.0. The van der Waals surface area contributed by atoms with Crippen LogP contribution in [-0.2, 0) is 13.0 Å². The maximum atomic E-state index is 13.9. The molecule has 4 rings (SSSR count). The van der Waals surface area contributed by atoms with Gasteiger partial charge in [-0.1, -0.05) is 6.07 Å². The fourth-order valence-electron chi connectivity index (χ4n) is 4.05. The van der Waals surface area contributed by atoms with Crippen LogP contribution in [0.5, 0.6) is 17.2 Å². The Hall–Kier alpha value is -3.54. The number of fused-ring (bicyclic) bond motifs is 1. The maximum absolute atomic E-state index is 13.9. The highest BCUT2D eigenvalue weighted by molar-refractivity contribution is 5.94. The monoisotopic (exact) mass is 463 g/mol. The summed E-state index contributed by atoms with van der Waals surface area (Å²) in [5.74, 6) is 1.76. The van der Waals surface area contributed by atoms with Crippen LogP contribution in [-0.4, -0.2) is 36.2 Å². The molecule has 0 spiro atoms. The molecule has 0 aromatic heterocycles. The average molecular weight is 464 g/mol. The number of ether oxygens (including phenoxy) is 3. The van der Waals surface area contributed by atoms with Crippen LogP contribution < -0.4 is 14.2 Å². The summed E-state index contributed by atoms with van der Waals surface area (Å²) in [6, 6.07) is 19.0. The molecular weight excluding hydrogens is 433 g/mol. The number of amides is 1. The molecular formula is C28H30FNO4. The largest absolute Gasteiger partial charge is 0.497 e. The molecule has 6 heteroatoms. The Morgan fingerprint density at radius 3 is 2.24 bits per heavy atom. The van der Waals surface area contributed by atoms with Gasteiger partial charge in [0.25, 0.3) is 5.91 Å². The van der Waals surface area contributed by atoms with E-state index in [-0.39, 0.29) is 30.0 Å². The third kappa shape index (κ3) is 5.68. The zero-order chi connectivity index (χ0) is 24.3. The molecule has 0 saturated carbocycles. The van der Waals surface area contributed by atoms with E-state index in [4.69, 9.17) is 14.2 Å². The number of methoxy groups -OCH3 is 1. The van der Waals surface area contributed by atoms with E-state index in [2.05, 4.69) is 0 Å². The van der Waals surface area contributed by atoms with Gasteiger partial charge in [0.1, 0.15) is 35.3 Å². The molecule has 3 aromatic carbocycles. The van der Waals surface area contributed by atoms with Gasteiger partial charge in [-0.15, -0.1) is 0 Å². The van der Waals surface area contributed by atoms with E-state index >= 15 is 0 Å². The smallest absolute Gasteiger partial charge is 0.254 e. The summed E-state index contributed by atoms with van der Waals surface area (Å²) >= 11 is 0. The van der Waals surface area contributed by atoms with E-state index in [9.17, 15) is 9.18 Å². The number of hydrogen-bond acceptors (Lipinski definition) is 4. The van der Waals surface area contributed by atoms with Crippen molar-refractivity contribution >= 4 is 5.91 Å². The second kappa shape index (κ2) is 9.75. The third-order valence-electron chi connectivity index (χ3n) is 5.69. The molecule has 0 fully saturated rings. The van der Waals surface area contributed by atoms with Crippen LogP contribution in [0.15, 0.2) is 66.7 Å². The first kappa shape index (κ1) is 23.6. The Labute approximate surface area is 200 Å². The van der Waals surface area contributed by atoms with Gasteiger partial charge in [-0.25, -0.2) is 4.39 Å². The van der Waals surface area contributed by atoms with Crippen LogP contribution in [0.25, 0.3) is 0 Å². The van der Waals surface area contributed by atoms with Crippen LogP contribution >= 0.6 is 0 Å². The second-order valence-electron chi connectivity index (χ2n) is 9.43. The number of hydrogen-bond donors (Lipinski definition) is 0. The lowest BCUT2D eigenvalue weighted by molar-refractivity contribution is 0.0566. The molecule has 1 unspecified atom stereocenters. The van der Waals surface area contributed by atoms with Gasteiger partial charge in [0.05, 0.1) is 13.2 Å². The Kier molecular flexibility index (Phi) is 6.77. The number of rotatable bonds is 6. The van der Waals surface area contributed by atoms with Gasteiger partial charge in [0.15, 0.2) is 0 Å². The van der Waals surface area contributed by atoms with E-state index in [0.29, 0.717) is 30.0 Å². The fraction of sp³-hybridized carbons (Fsp3) is 0.321. The van der Waals surface area contributed by atoms with E-state index < -0.39 is 0 Å². The highest BCUT2D eigenvalue weighted by atomic mass is 19.1. The van der Waals surface area contributed by atoms with Gasteiger partial charge >= 0.3 is 0 Å². The molecule has 1 atom stereocenters. The number of benzene rings is 3. The summed E-state index contributed by atoms with van der Waals surface area (Å²) in [5.41, 5.74) is 2.14. The Morgan fingerprint density at radius 2 is 1.59 bits per heavy atom. The number of nitrogens with zero attached hydrogens (tertiary/aromatic N) is 1.